The molecular weight excluding hydrogens is 337 g/mol. The average Bonchev–Trinajstić information content (AvgIpc) is 3.00. The number of hydrogen-bond donors (Lipinski definition) is 1. The second kappa shape index (κ2) is 6.93. The highest BCUT2D eigenvalue weighted by Gasteiger charge is 2.09. The van der Waals surface area contributed by atoms with Gasteiger partial charge in [0.25, 0.3) is 0 Å². The molecular formula is C16H13ClFN3OS. The Morgan fingerprint density at radius 1 is 1.22 bits per heavy atom. The molecule has 23 heavy (non-hydrogen) atoms. The molecule has 1 aromatic heterocycles. The van der Waals surface area contributed by atoms with Gasteiger partial charge in [-0.15, -0.1) is 10.2 Å². The van der Waals surface area contributed by atoms with E-state index in [1.165, 1.54) is 23.5 Å². The summed E-state index contributed by atoms with van der Waals surface area (Å²) in [5, 5.41) is 12.8. The van der Waals surface area contributed by atoms with E-state index in [0.717, 1.165) is 16.3 Å². The molecule has 0 radical (unpaired) electrons. The van der Waals surface area contributed by atoms with Crippen molar-refractivity contribution in [2.75, 3.05) is 11.9 Å². The van der Waals surface area contributed by atoms with Crippen LogP contribution in [0, 0.1) is 5.82 Å². The van der Waals surface area contributed by atoms with Crippen molar-refractivity contribution in [1.82, 2.24) is 10.2 Å². The quantitative estimate of drug-likeness (QED) is 0.692. The third kappa shape index (κ3) is 3.78. The second-order valence-electron chi connectivity index (χ2n) is 4.63. The van der Waals surface area contributed by atoms with Crippen LogP contribution in [0.1, 0.15) is 6.92 Å². The molecule has 0 amide bonds. The Balaban J connectivity index is 1.80. The van der Waals surface area contributed by atoms with E-state index >= 15 is 0 Å². The van der Waals surface area contributed by atoms with Gasteiger partial charge in [-0.05, 0) is 37.3 Å². The molecule has 0 atom stereocenters. The maximum absolute atomic E-state index is 13.2. The summed E-state index contributed by atoms with van der Waals surface area (Å²) < 4.78 is 18.7. The Bertz CT molecular complexity index is 825. The van der Waals surface area contributed by atoms with Crippen LogP contribution in [-0.2, 0) is 0 Å². The Hall–Kier alpha value is -2.18. The fraction of sp³-hybridized carbons (Fsp3) is 0.125. The number of ether oxygens (including phenoxy) is 1. The van der Waals surface area contributed by atoms with Crippen molar-refractivity contribution in [1.29, 1.82) is 0 Å². The SMILES string of the molecule is CCOc1cccc(-c2nnc(Nc3ccc(F)c(Cl)c3)s2)c1. The number of rotatable bonds is 5. The molecule has 0 bridgehead atoms. The van der Waals surface area contributed by atoms with Crippen LogP contribution in [0.5, 0.6) is 5.75 Å². The van der Waals surface area contributed by atoms with Crippen LogP contribution in [-0.4, -0.2) is 16.8 Å². The van der Waals surface area contributed by atoms with E-state index in [1.54, 1.807) is 6.07 Å². The molecule has 7 heteroatoms. The van der Waals surface area contributed by atoms with Crippen molar-refractivity contribution < 1.29 is 9.13 Å². The molecule has 118 valence electrons. The van der Waals surface area contributed by atoms with Crippen molar-refractivity contribution in [3.05, 3.63) is 53.3 Å². The lowest BCUT2D eigenvalue weighted by Gasteiger charge is -2.03. The van der Waals surface area contributed by atoms with Crippen LogP contribution in [0.25, 0.3) is 10.6 Å². The van der Waals surface area contributed by atoms with E-state index in [4.69, 9.17) is 16.3 Å². The van der Waals surface area contributed by atoms with E-state index in [9.17, 15) is 4.39 Å². The molecule has 2 aromatic carbocycles. The smallest absolute Gasteiger partial charge is 0.210 e. The maximum Gasteiger partial charge on any atom is 0.210 e. The van der Waals surface area contributed by atoms with Crippen molar-refractivity contribution in [2.24, 2.45) is 0 Å². The highest BCUT2D eigenvalue weighted by atomic mass is 35.5. The van der Waals surface area contributed by atoms with Gasteiger partial charge >= 0.3 is 0 Å². The fourth-order valence-electron chi connectivity index (χ4n) is 1.97. The molecule has 3 rings (SSSR count). The van der Waals surface area contributed by atoms with E-state index in [0.29, 0.717) is 17.4 Å². The minimum atomic E-state index is -0.456. The van der Waals surface area contributed by atoms with Crippen LogP contribution in [0.4, 0.5) is 15.2 Å². The molecule has 3 aromatic rings. The highest BCUT2D eigenvalue weighted by molar-refractivity contribution is 7.18. The largest absolute Gasteiger partial charge is 0.494 e. The van der Waals surface area contributed by atoms with Gasteiger partial charge in [-0.1, -0.05) is 35.1 Å². The van der Waals surface area contributed by atoms with Crippen molar-refractivity contribution in [3.8, 4) is 16.3 Å². The van der Waals surface area contributed by atoms with Crippen molar-refractivity contribution in [2.45, 2.75) is 6.92 Å². The standard InChI is InChI=1S/C16H13ClFN3OS/c1-2-22-12-5-3-4-10(8-12)15-20-21-16(23-15)19-11-6-7-14(18)13(17)9-11/h3-9H,2H2,1H3,(H,19,21). The van der Waals surface area contributed by atoms with Crippen molar-refractivity contribution >= 4 is 33.8 Å². The molecule has 0 fully saturated rings. The van der Waals surface area contributed by atoms with Gasteiger partial charge in [0, 0.05) is 11.3 Å². The number of anilines is 2. The molecule has 0 spiro atoms. The zero-order valence-electron chi connectivity index (χ0n) is 12.2. The lowest BCUT2D eigenvalue weighted by atomic mass is 10.2. The first-order valence-electron chi connectivity index (χ1n) is 6.94. The number of nitrogens with one attached hydrogen (secondary N) is 1. The molecule has 1 N–H and O–H groups in total. The van der Waals surface area contributed by atoms with E-state index < -0.39 is 5.82 Å². The Morgan fingerprint density at radius 3 is 2.87 bits per heavy atom. The van der Waals surface area contributed by atoms with Gasteiger partial charge in [-0.3, -0.25) is 0 Å². The molecule has 4 nitrogen and oxygen atoms in total. The first-order chi connectivity index (χ1) is 11.2. The highest BCUT2D eigenvalue weighted by Crippen LogP contribution is 2.31. The summed E-state index contributed by atoms with van der Waals surface area (Å²) >= 11 is 7.16. The van der Waals surface area contributed by atoms with Gasteiger partial charge in [-0.25, -0.2) is 4.39 Å². The van der Waals surface area contributed by atoms with Crippen LogP contribution in [0.15, 0.2) is 42.5 Å². The predicted molar refractivity (Wildman–Crippen MR) is 91.2 cm³/mol. The lowest BCUT2D eigenvalue weighted by molar-refractivity contribution is 0.340. The summed E-state index contributed by atoms with van der Waals surface area (Å²) in [5.41, 5.74) is 1.58. The molecule has 0 saturated heterocycles. The van der Waals surface area contributed by atoms with Crippen LogP contribution in [0.3, 0.4) is 0 Å². The molecule has 0 aliphatic carbocycles. The predicted octanol–water partition coefficient (Wildman–Crippen LogP) is 5.14. The number of aromatic nitrogens is 2. The van der Waals surface area contributed by atoms with E-state index in [1.807, 2.05) is 31.2 Å². The zero-order chi connectivity index (χ0) is 16.2. The zero-order valence-corrected chi connectivity index (χ0v) is 13.8. The van der Waals surface area contributed by atoms with Crippen LogP contribution < -0.4 is 10.1 Å². The number of halogens is 2. The van der Waals surface area contributed by atoms with Crippen LogP contribution >= 0.6 is 22.9 Å². The number of hydrogen-bond acceptors (Lipinski definition) is 5. The molecule has 0 aliphatic heterocycles. The topological polar surface area (TPSA) is 47.0 Å². The summed E-state index contributed by atoms with van der Waals surface area (Å²) in [7, 11) is 0. The lowest BCUT2D eigenvalue weighted by Crippen LogP contribution is -1.91. The summed E-state index contributed by atoms with van der Waals surface area (Å²) in [4.78, 5) is 0. The Kier molecular flexibility index (Phi) is 4.73. The minimum Gasteiger partial charge on any atom is -0.494 e. The number of nitrogens with zero attached hydrogens (tertiary/aromatic N) is 2. The van der Waals surface area contributed by atoms with E-state index in [2.05, 4.69) is 15.5 Å². The molecule has 0 unspecified atom stereocenters. The van der Waals surface area contributed by atoms with Gasteiger partial charge in [0.15, 0.2) is 0 Å². The third-order valence-electron chi connectivity index (χ3n) is 2.99. The monoisotopic (exact) mass is 349 g/mol. The fourth-order valence-corrected chi connectivity index (χ4v) is 2.91. The minimum absolute atomic E-state index is 0.0594. The molecule has 0 aliphatic rings. The molecule has 1 heterocycles. The van der Waals surface area contributed by atoms with Crippen LogP contribution in [0.2, 0.25) is 5.02 Å². The maximum atomic E-state index is 13.2. The summed E-state index contributed by atoms with van der Waals surface area (Å²) in [6.07, 6.45) is 0. The van der Waals surface area contributed by atoms with Crippen molar-refractivity contribution in [3.63, 3.8) is 0 Å². The first-order valence-corrected chi connectivity index (χ1v) is 8.14. The first kappa shape index (κ1) is 15.7. The van der Waals surface area contributed by atoms with Gasteiger partial charge in [-0.2, -0.15) is 0 Å². The van der Waals surface area contributed by atoms with Gasteiger partial charge < -0.3 is 10.1 Å². The second-order valence-corrected chi connectivity index (χ2v) is 6.01. The van der Waals surface area contributed by atoms with E-state index in [-0.39, 0.29) is 5.02 Å². The Morgan fingerprint density at radius 2 is 2.09 bits per heavy atom. The van der Waals surface area contributed by atoms with Gasteiger partial charge in [0.05, 0.1) is 11.6 Å². The average molecular weight is 350 g/mol. The third-order valence-corrected chi connectivity index (χ3v) is 4.17. The summed E-state index contributed by atoms with van der Waals surface area (Å²) in [6.45, 7) is 2.55. The van der Waals surface area contributed by atoms with Gasteiger partial charge in [0.2, 0.25) is 5.13 Å². The number of benzene rings is 2. The summed E-state index contributed by atoms with van der Waals surface area (Å²) in [6, 6.07) is 12.1. The van der Waals surface area contributed by atoms with Gasteiger partial charge in [0.1, 0.15) is 16.6 Å². The molecule has 0 saturated carbocycles. The summed E-state index contributed by atoms with van der Waals surface area (Å²) in [5.74, 6) is 0.336. The normalized spacial score (nSPS) is 10.6. The Labute approximate surface area is 141 Å².